The van der Waals surface area contributed by atoms with Gasteiger partial charge in [-0.15, -0.1) is 0 Å². The van der Waals surface area contributed by atoms with E-state index in [4.69, 9.17) is 10.5 Å². The summed E-state index contributed by atoms with van der Waals surface area (Å²) in [6.07, 6.45) is 0.685. The van der Waals surface area contributed by atoms with Crippen LogP contribution in [-0.2, 0) is 16.0 Å². The van der Waals surface area contributed by atoms with Crippen LogP contribution in [-0.4, -0.2) is 29.1 Å². The van der Waals surface area contributed by atoms with E-state index in [0.29, 0.717) is 23.9 Å². The van der Waals surface area contributed by atoms with E-state index in [0.717, 1.165) is 0 Å². The number of hydrogen-bond donors (Lipinski definition) is 2. The number of hydrogen-bond acceptors (Lipinski definition) is 6. The van der Waals surface area contributed by atoms with Gasteiger partial charge >= 0.3 is 5.97 Å². The Hall–Kier alpha value is -1.85. The van der Waals surface area contributed by atoms with Crippen LogP contribution in [0.1, 0.15) is 26.6 Å². The summed E-state index contributed by atoms with van der Waals surface area (Å²) in [6.45, 7) is 5.80. The Kier molecular flexibility index (Phi) is 4.88. The van der Waals surface area contributed by atoms with Crippen molar-refractivity contribution in [3.05, 3.63) is 11.9 Å². The number of nitrogens with one attached hydrogen (secondary N) is 1. The summed E-state index contributed by atoms with van der Waals surface area (Å²) in [4.78, 5) is 20.0. The first-order chi connectivity index (χ1) is 8.47. The Bertz CT molecular complexity index is 421. The van der Waals surface area contributed by atoms with Crippen LogP contribution in [0, 0.1) is 5.92 Å². The fourth-order valence-corrected chi connectivity index (χ4v) is 1.53. The van der Waals surface area contributed by atoms with Crippen LogP contribution >= 0.6 is 0 Å². The number of nitrogen functional groups attached to an aromatic ring is 1. The van der Waals surface area contributed by atoms with Gasteiger partial charge in [0.2, 0.25) is 0 Å². The highest BCUT2D eigenvalue weighted by Gasteiger charge is 2.23. The summed E-state index contributed by atoms with van der Waals surface area (Å²) >= 11 is 0. The van der Waals surface area contributed by atoms with Gasteiger partial charge < -0.3 is 15.8 Å². The molecular weight excluding hydrogens is 232 g/mol. The number of methoxy groups -OCH3 is 1. The van der Waals surface area contributed by atoms with Gasteiger partial charge in [0, 0.05) is 12.5 Å². The van der Waals surface area contributed by atoms with Gasteiger partial charge in [-0.05, 0) is 5.92 Å². The molecule has 3 N–H and O–H groups in total. The summed E-state index contributed by atoms with van der Waals surface area (Å²) in [5, 5.41) is 3.04. The highest BCUT2D eigenvalue weighted by Crippen LogP contribution is 2.14. The molecule has 1 atom stereocenters. The van der Waals surface area contributed by atoms with Gasteiger partial charge in [0.05, 0.1) is 7.11 Å². The fraction of sp³-hybridized carbons (Fsp3) is 0.583. The molecule has 0 saturated carbocycles. The number of ether oxygens (including phenoxy) is 1. The molecule has 0 radical (unpaired) electrons. The molecule has 18 heavy (non-hydrogen) atoms. The molecule has 0 spiro atoms. The lowest BCUT2D eigenvalue weighted by Gasteiger charge is -2.20. The number of carbonyl (C=O) groups excluding carboxylic acids is 1. The molecular formula is C12H20N4O2. The third-order valence-electron chi connectivity index (χ3n) is 2.53. The summed E-state index contributed by atoms with van der Waals surface area (Å²) in [5.74, 6) is 1.34. The normalized spacial score (nSPS) is 12.3. The number of nitrogens with two attached hydrogens (primary N) is 1. The lowest BCUT2D eigenvalue weighted by Crippen LogP contribution is -2.35. The van der Waals surface area contributed by atoms with Crippen LogP contribution < -0.4 is 11.1 Å². The molecule has 1 rings (SSSR count). The number of aromatic nitrogens is 2. The Balaban J connectivity index is 2.93. The van der Waals surface area contributed by atoms with E-state index in [2.05, 4.69) is 15.3 Å². The van der Waals surface area contributed by atoms with Gasteiger partial charge in [-0.3, -0.25) is 0 Å². The van der Waals surface area contributed by atoms with Gasteiger partial charge in [0.15, 0.2) is 0 Å². The SMILES string of the molecule is CCc1nc(N)cc(NC(C(=O)OC)C(C)C)n1. The van der Waals surface area contributed by atoms with Gasteiger partial charge in [0.25, 0.3) is 0 Å². The zero-order chi connectivity index (χ0) is 13.7. The lowest BCUT2D eigenvalue weighted by atomic mass is 10.0. The third-order valence-corrected chi connectivity index (χ3v) is 2.53. The minimum absolute atomic E-state index is 0.0821. The minimum Gasteiger partial charge on any atom is -0.467 e. The van der Waals surface area contributed by atoms with Crippen molar-refractivity contribution < 1.29 is 9.53 Å². The number of esters is 1. The molecule has 1 aromatic rings. The highest BCUT2D eigenvalue weighted by atomic mass is 16.5. The van der Waals surface area contributed by atoms with E-state index >= 15 is 0 Å². The Labute approximate surface area is 107 Å². The molecule has 6 nitrogen and oxygen atoms in total. The summed E-state index contributed by atoms with van der Waals surface area (Å²) < 4.78 is 4.76. The average Bonchev–Trinajstić information content (AvgIpc) is 2.34. The van der Waals surface area contributed by atoms with Crippen molar-refractivity contribution in [2.75, 3.05) is 18.2 Å². The molecule has 0 aromatic carbocycles. The van der Waals surface area contributed by atoms with Crippen molar-refractivity contribution in [1.82, 2.24) is 9.97 Å². The zero-order valence-electron chi connectivity index (χ0n) is 11.2. The van der Waals surface area contributed by atoms with Crippen LogP contribution in [0.5, 0.6) is 0 Å². The maximum atomic E-state index is 11.6. The summed E-state index contributed by atoms with van der Waals surface area (Å²) in [7, 11) is 1.37. The fourth-order valence-electron chi connectivity index (χ4n) is 1.53. The van der Waals surface area contributed by atoms with Crippen LogP contribution in [0.25, 0.3) is 0 Å². The van der Waals surface area contributed by atoms with Crippen molar-refractivity contribution in [1.29, 1.82) is 0 Å². The molecule has 100 valence electrons. The van der Waals surface area contributed by atoms with Crippen LogP contribution in [0.2, 0.25) is 0 Å². The molecule has 0 aliphatic rings. The predicted octanol–water partition coefficient (Wildman–Crippen LogP) is 1.23. The predicted molar refractivity (Wildman–Crippen MR) is 70.1 cm³/mol. The largest absolute Gasteiger partial charge is 0.467 e. The van der Waals surface area contributed by atoms with E-state index in [9.17, 15) is 4.79 Å². The number of anilines is 2. The molecule has 0 aliphatic carbocycles. The van der Waals surface area contributed by atoms with Gasteiger partial charge in [-0.1, -0.05) is 20.8 Å². The quantitative estimate of drug-likeness (QED) is 0.766. The molecule has 1 unspecified atom stereocenters. The number of nitrogens with zero attached hydrogens (tertiary/aromatic N) is 2. The van der Waals surface area contributed by atoms with E-state index in [1.165, 1.54) is 7.11 Å². The second-order valence-electron chi connectivity index (χ2n) is 4.34. The van der Waals surface area contributed by atoms with E-state index in [1.54, 1.807) is 6.07 Å². The van der Waals surface area contributed by atoms with Crippen molar-refractivity contribution in [2.45, 2.75) is 33.2 Å². The molecule has 0 bridgehead atoms. The van der Waals surface area contributed by atoms with Crippen molar-refractivity contribution >= 4 is 17.6 Å². The highest BCUT2D eigenvalue weighted by molar-refractivity contribution is 5.79. The van der Waals surface area contributed by atoms with Crippen LogP contribution in [0.15, 0.2) is 6.07 Å². The Morgan fingerprint density at radius 3 is 2.67 bits per heavy atom. The minimum atomic E-state index is -0.450. The van der Waals surface area contributed by atoms with Crippen LogP contribution in [0.3, 0.4) is 0 Å². The Morgan fingerprint density at radius 1 is 1.50 bits per heavy atom. The molecule has 0 saturated heterocycles. The number of carbonyl (C=O) groups is 1. The van der Waals surface area contributed by atoms with E-state index in [-0.39, 0.29) is 11.9 Å². The first-order valence-corrected chi connectivity index (χ1v) is 5.95. The molecule has 1 aromatic heterocycles. The van der Waals surface area contributed by atoms with E-state index < -0.39 is 6.04 Å². The van der Waals surface area contributed by atoms with Crippen molar-refractivity contribution in [3.63, 3.8) is 0 Å². The smallest absolute Gasteiger partial charge is 0.328 e. The maximum absolute atomic E-state index is 11.6. The zero-order valence-corrected chi connectivity index (χ0v) is 11.2. The topological polar surface area (TPSA) is 90.1 Å². The average molecular weight is 252 g/mol. The lowest BCUT2D eigenvalue weighted by molar-refractivity contribution is -0.142. The molecule has 0 fully saturated rings. The number of rotatable bonds is 5. The molecule has 1 heterocycles. The first kappa shape index (κ1) is 14.2. The monoisotopic (exact) mass is 252 g/mol. The Morgan fingerprint density at radius 2 is 2.17 bits per heavy atom. The van der Waals surface area contributed by atoms with Gasteiger partial charge in [0.1, 0.15) is 23.5 Å². The number of aryl methyl sites for hydroxylation is 1. The standard InChI is InChI=1S/C12H20N4O2/c1-5-9-14-8(13)6-10(15-9)16-11(7(2)3)12(17)18-4/h6-7,11H,5H2,1-4H3,(H3,13,14,15,16). The first-order valence-electron chi connectivity index (χ1n) is 5.95. The van der Waals surface area contributed by atoms with Crippen molar-refractivity contribution in [2.24, 2.45) is 5.92 Å². The summed E-state index contributed by atoms with van der Waals surface area (Å²) in [6, 6.07) is 1.16. The van der Waals surface area contributed by atoms with Gasteiger partial charge in [-0.2, -0.15) is 0 Å². The van der Waals surface area contributed by atoms with Gasteiger partial charge in [-0.25, -0.2) is 14.8 Å². The van der Waals surface area contributed by atoms with Crippen LogP contribution in [0.4, 0.5) is 11.6 Å². The maximum Gasteiger partial charge on any atom is 0.328 e. The second-order valence-corrected chi connectivity index (χ2v) is 4.34. The molecule has 0 amide bonds. The van der Waals surface area contributed by atoms with Crippen molar-refractivity contribution in [3.8, 4) is 0 Å². The second kappa shape index (κ2) is 6.18. The molecule has 0 aliphatic heterocycles. The third kappa shape index (κ3) is 3.58. The summed E-state index contributed by atoms with van der Waals surface area (Å²) in [5.41, 5.74) is 5.69. The van der Waals surface area contributed by atoms with E-state index in [1.807, 2.05) is 20.8 Å². The molecule has 6 heteroatoms.